The first-order valence-corrected chi connectivity index (χ1v) is 9.07. The van der Waals surface area contributed by atoms with E-state index in [0.29, 0.717) is 22.8 Å². The van der Waals surface area contributed by atoms with Gasteiger partial charge in [-0.2, -0.15) is 0 Å². The summed E-state index contributed by atoms with van der Waals surface area (Å²) in [5.41, 5.74) is 2.14. The molecule has 0 atom stereocenters. The van der Waals surface area contributed by atoms with Gasteiger partial charge < -0.3 is 14.8 Å². The largest absolute Gasteiger partial charge is 0.506 e. The average Bonchev–Trinajstić information content (AvgIpc) is 2.71. The van der Waals surface area contributed by atoms with E-state index in [0.717, 1.165) is 23.9 Å². The Kier molecular flexibility index (Phi) is 3.49. The molecule has 0 saturated carbocycles. The second kappa shape index (κ2) is 5.92. The van der Waals surface area contributed by atoms with E-state index in [-0.39, 0.29) is 28.1 Å². The van der Waals surface area contributed by atoms with E-state index in [9.17, 15) is 19.8 Å². The van der Waals surface area contributed by atoms with Crippen LogP contribution < -0.4 is 5.56 Å². The summed E-state index contributed by atoms with van der Waals surface area (Å²) in [6, 6.07) is 13.8. The summed E-state index contributed by atoms with van der Waals surface area (Å²) < 4.78 is 1.67. The number of carboxylic acid groups (broad SMARTS) is 1. The number of carboxylic acids is 1. The van der Waals surface area contributed by atoms with E-state index in [1.807, 2.05) is 12.1 Å². The van der Waals surface area contributed by atoms with Crippen LogP contribution in [0.15, 0.2) is 53.3 Å². The summed E-state index contributed by atoms with van der Waals surface area (Å²) in [6.45, 7) is 0.555. The molecule has 6 heteroatoms. The fourth-order valence-electron chi connectivity index (χ4n) is 4.13. The highest BCUT2D eigenvalue weighted by atomic mass is 16.4. The predicted octanol–water partition coefficient (Wildman–Crippen LogP) is 3.57. The molecular weight excluding hydrogens is 356 g/mol. The van der Waals surface area contributed by atoms with Gasteiger partial charge in [-0.3, -0.25) is 4.79 Å². The van der Waals surface area contributed by atoms with Gasteiger partial charge in [-0.1, -0.05) is 30.3 Å². The number of pyridine rings is 2. The van der Waals surface area contributed by atoms with Crippen LogP contribution in [0.25, 0.3) is 33.1 Å². The second-order valence-corrected chi connectivity index (χ2v) is 6.97. The highest BCUT2D eigenvalue weighted by Crippen LogP contribution is 2.36. The highest BCUT2D eigenvalue weighted by molar-refractivity contribution is 6.04. The molecule has 3 heterocycles. The molecule has 138 valence electrons. The van der Waals surface area contributed by atoms with Crippen LogP contribution >= 0.6 is 0 Å². The summed E-state index contributed by atoms with van der Waals surface area (Å²) in [4.78, 5) is 29.5. The Morgan fingerprint density at radius 2 is 1.86 bits per heavy atom. The average molecular weight is 372 g/mol. The number of hydrogen-bond acceptors (Lipinski definition) is 4. The molecule has 2 aromatic carbocycles. The zero-order valence-electron chi connectivity index (χ0n) is 14.8. The molecular formula is C22H16N2O4. The van der Waals surface area contributed by atoms with Crippen LogP contribution in [-0.4, -0.2) is 25.7 Å². The number of benzene rings is 2. The van der Waals surface area contributed by atoms with Gasteiger partial charge in [0.1, 0.15) is 11.3 Å². The standard InChI is InChI=1S/C22H16N2O4/c25-20-14-8-3-5-12-6-4-10-24(19(12)14)21(26)18(20)17-11-15(22(27)28)13-7-1-2-9-16(13)23-17/h1-3,5,7-9,11,25H,4,6,10H2,(H,27,28). The minimum Gasteiger partial charge on any atom is -0.506 e. The van der Waals surface area contributed by atoms with Gasteiger partial charge in [0.25, 0.3) is 5.56 Å². The van der Waals surface area contributed by atoms with E-state index < -0.39 is 5.97 Å². The van der Waals surface area contributed by atoms with Crippen molar-refractivity contribution in [3.8, 4) is 17.0 Å². The molecule has 6 nitrogen and oxygen atoms in total. The minimum atomic E-state index is -1.11. The molecule has 0 radical (unpaired) electrons. The maximum atomic E-state index is 13.3. The molecule has 0 saturated heterocycles. The Morgan fingerprint density at radius 1 is 1.07 bits per heavy atom. The van der Waals surface area contributed by atoms with Gasteiger partial charge in [0, 0.05) is 17.3 Å². The van der Waals surface area contributed by atoms with Gasteiger partial charge in [0.15, 0.2) is 0 Å². The van der Waals surface area contributed by atoms with Gasteiger partial charge in [-0.15, -0.1) is 0 Å². The van der Waals surface area contributed by atoms with Crippen molar-refractivity contribution in [2.45, 2.75) is 19.4 Å². The monoisotopic (exact) mass is 372 g/mol. The van der Waals surface area contributed by atoms with Crippen molar-refractivity contribution in [3.05, 3.63) is 70.0 Å². The molecule has 0 fully saturated rings. The Labute approximate surface area is 159 Å². The van der Waals surface area contributed by atoms with Crippen LogP contribution in [0.1, 0.15) is 22.3 Å². The van der Waals surface area contributed by atoms with Crippen molar-refractivity contribution in [1.29, 1.82) is 0 Å². The number of aromatic carboxylic acids is 1. The maximum Gasteiger partial charge on any atom is 0.336 e. The van der Waals surface area contributed by atoms with Gasteiger partial charge in [-0.05, 0) is 36.6 Å². The topological polar surface area (TPSA) is 92.4 Å². The van der Waals surface area contributed by atoms with E-state index in [4.69, 9.17) is 0 Å². The van der Waals surface area contributed by atoms with Gasteiger partial charge in [-0.25, -0.2) is 9.78 Å². The first-order valence-electron chi connectivity index (χ1n) is 9.07. The lowest BCUT2D eigenvalue weighted by molar-refractivity contribution is 0.0699. The molecule has 5 rings (SSSR count). The molecule has 2 N–H and O–H groups in total. The highest BCUT2D eigenvalue weighted by Gasteiger charge is 2.24. The Morgan fingerprint density at radius 3 is 2.68 bits per heavy atom. The third-order valence-electron chi connectivity index (χ3n) is 5.37. The smallest absolute Gasteiger partial charge is 0.336 e. The van der Waals surface area contributed by atoms with Gasteiger partial charge >= 0.3 is 5.97 Å². The molecule has 0 amide bonds. The number of aryl methyl sites for hydroxylation is 2. The van der Waals surface area contributed by atoms with Gasteiger partial charge in [0.05, 0.1) is 22.3 Å². The first kappa shape index (κ1) is 16.5. The normalized spacial score (nSPS) is 13.1. The number of aromatic nitrogens is 2. The van der Waals surface area contributed by atoms with E-state index in [1.54, 1.807) is 34.9 Å². The van der Waals surface area contributed by atoms with Gasteiger partial charge in [0.2, 0.25) is 0 Å². The molecule has 28 heavy (non-hydrogen) atoms. The van der Waals surface area contributed by atoms with E-state index in [1.165, 1.54) is 6.07 Å². The van der Waals surface area contributed by atoms with Crippen LogP contribution in [-0.2, 0) is 13.0 Å². The number of rotatable bonds is 2. The maximum absolute atomic E-state index is 13.3. The number of hydrogen-bond donors (Lipinski definition) is 2. The van der Waals surface area contributed by atoms with E-state index >= 15 is 0 Å². The number of fused-ring (bicyclic) bond motifs is 1. The quantitative estimate of drug-likeness (QED) is 0.561. The fourth-order valence-corrected chi connectivity index (χ4v) is 4.13. The lowest BCUT2D eigenvalue weighted by Gasteiger charge is -2.21. The van der Waals surface area contributed by atoms with Crippen molar-refractivity contribution < 1.29 is 15.0 Å². The molecule has 0 spiro atoms. The zero-order valence-corrected chi connectivity index (χ0v) is 14.8. The zero-order chi connectivity index (χ0) is 19.4. The fraction of sp³-hybridized carbons (Fsp3) is 0.136. The van der Waals surface area contributed by atoms with Crippen LogP contribution in [0, 0.1) is 0 Å². The van der Waals surface area contributed by atoms with Crippen molar-refractivity contribution in [3.63, 3.8) is 0 Å². The van der Waals surface area contributed by atoms with E-state index in [2.05, 4.69) is 4.98 Å². The molecule has 4 aromatic rings. The third kappa shape index (κ3) is 2.24. The summed E-state index contributed by atoms with van der Waals surface area (Å²) in [5.74, 6) is -1.26. The molecule has 2 aromatic heterocycles. The second-order valence-electron chi connectivity index (χ2n) is 6.97. The SMILES string of the molecule is O=C(O)c1cc(-c2c(O)c3cccc4c3n(c2=O)CCC4)nc2ccccc12. The minimum absolute atomic E-state index is 0.0415. The Balaban J connectivity index is 1.91. The molecule has 1 aliphatic heterocycles. The summed E-state index contributed by atoms with van der Waals surface area (Å²) in [6.07, 6.45) is 1.69. The van der Waals surface area contributed by atoms with Crippen LogP contribution in [0.4, 0.5) is 0 Å². The van der Waals surface area contributed by atoms with Crippen molar-refractivity contribution in [2.75, 3.05) is 0 Å². The molecule has 1 aliphatic rings. The summed E-state index contributed by atoms with van der Waals surface area (Å²) in [5, 5.41) is 21.7. The summed E-state index contributed by atoms with van der Waals surface area (Å²) in [7, 11) is 0. The number of aromatic hydroxyl groups is 1. The molecule has 0 aliphatic carbocycles. The number of carbonyl (C=O) groups is 1. The first-order chi connectivity index (χ1) is 13.6. The molecule has 0 bridgehead atoms. The van der Waals surface area contributed by atoms with Crippen LogP contribution in [0.5, 0.6) is 5.75 Å². The third-order valence-corrected chi connectivity index (χ3v) is 5.37. The Hall–Kier alpha value is -3.67. The molecule has 0 unspecified atom stereocenters. The Bertz CT molecular complexity index is 1350. The number of para-hydroxylation sites is 2. The van der Waals surface area contributed by atoms with Crippen LogP contribution in [0.3, 0.4) is 0 Å². The van der Waals surface area contributed by atoms with Crippen molar-refractivity contribution in [1.82, 2.24) is 9.55 Å². The lowest BCUT2D eigenvalue weighted by Crippen LogP contribution is -2.26. The van der Waals surface area contributed by atoms with Crippen LogP contribution in [0.2, 0.25) is 0 Å². The number of nitrogens with zero attached hydrogens (tertiary/aromatic N) is 2. The van der Waals surface area contributed by atoms with Crippen molar-refractivity contribution in [2.24, 2.45) is 0 Å². The van der Waals surface area contributed by atoms with Crippen molar-refractivity contribution >= 4 is 27.8 Å². The predicted molar refractivity (Wildman–Crippen MR) is 106 cm³/mol. The lowest BCUT2D eigenvalue weighted by atomic mass is 9.97. The summed E-state index contributed by atoms with van der Waals surface area (Å²) >= 11 is 0.